The van der Waals surface area contributed by atoms with Crippen molar-refractivity contribution in [1.29, 1.82) is 0 Å². The molecule has 0 unspecified atom stereocenters. The second kappa shape index (κ2) is 8.99. The zero-order chi connectivity index (χ0) is 19.3. The van der Waals surface area contributed by atoms with Crippen LogP contribution in [0.1, 0.15) is 32.1 Å². The van der Waals surface area contributed by atoms with Gasteiger partial charge in [0.05, 0.1) is 11.4 Å². The maximum Gasteiger partial charge on any atom is 0.243 e. The molecule has 0 radical (unpaired) electrons. The van der Waals surface area contributed by atoms with E-state index in [0.29, 0.717) is 5.69 Å². The molecule has 27 heavy (non-hydrogen) atoms. The van der Waals surface area contributed by atoms with Crippen molar-refractivity contribution in [2.24, 2.45) is 0 Å². The Morgan fingerprint density at radius 3 is 2.26 bits per heavy atom. The van der Waals surface area contributed by atoms with Crippen LogP contribution in [0.25, 0.3) is 0 Å². The second-order valence-corrected chi connectivity index (χ2v) is 9.52. The fourth-order valence-corrected chi connectivity index (χ4v) is 5.31. The van der Waals surface area contributed by atoms with Gasteiger partial charge in [-0.2, -0.15) is 4.31 Å². The Labute approximate surface area is 169 Å². The van der Waals surface area contributed by atoms with E-state index >= 15 is 0 Å². The number of hydrogen-bond acceptors (Lipinski definition) is 3. The van der Waals surface area contributed by atoms with Gasteiger partial charge >= 0.3 is 0 Å². The number of anilines is 1. The summed E-state index contributed by atoms with van der Waals surface area (Å²) in [5.41, 5.74) is 0.643. The van der Waals surface area contributed by atoms with Gasteiger partial charge in [0, 0.05) is 16.2 Å². The average molecular weight is 451 g/mol. The van der Waals surface area contributed by atoms with E-state index < -0.39 is 10.0 Å². The molecule has 5 nitrogen and oxygen atoms in total. The third kappa shape index (κ3) is 5.18. The van der Waals surface area contributed by atoms with Gasteiger partial charge < -0.3 is 5.32 Å². The number of amides is 1. The molecule has 1 aliphatic rings. The van der Waals surface area contributed by atoms with E-state index in [1.165, 1.54) is 4.31 Å². The molecule has 1 N–H and O–H groups in total. The quantitative estimate of drug-likeness (QED) is 0.708. The normalized spacial score (nSPS) is 15.6. The van der Waals surface area contributed by atoms with E-state index in [0.717, 1.165) is 36.6 Å². The molecule has 0 spiro atoms. The lowest BCUT2D eigenvalue weighted by molar-refractivity contribution is -0.116. The minimum Gasteiger partial charge on any atom is -0.325 e. The minimum atomic E-state index is -3.73. The smallest absolute Gasteiger partial charge is 0.243 e. The summed E-state index contributed by atoms with van der Waals surface area (Å²) in [5.74, 6) is -0.331. The third-order valence-electron chi connectivity index (χ3n) is 4.76. The molecule has 0 bridgehead atoms. The van der Waals surface area contributed by atoms with Crippen LogP contribution in [0.4, 0.5) is 5.69 Å². The van der Waals surface area contributed by atoms with Gasteiger partial charge in [-0.1, -0.05) is 53.4 Å². The standard InChI is InChI=1S/C20H23BrN2O3S/c21-16-11-13-17(14-12-16)22-20(24)15-23(18-7-3-1-4-8-18)27(25,26)19-9-5-2-6-10-19/h2,5-6,9-14,18H,1,3-4,7-8,15H2,(H,22,24). The molecule has 0 atom stereocenters. The van der Waals surface area contributed by atoms with Gasteiger partial charge in [-0.15, -0.1) is 0 Å². The summed E-state index contributed by atoms with van der Waals surface area (Å²) in [6.07, 6.45) is 4.66. The lowest BCUT2D eigenvalue weighted by atomic mass is 9.95. The van der Waals surface area contributed by atoms with Crippen LogP contribution < -0.4 is 5.32 Å². The first kappa shape index (κ1) is 20.0. The van der Waals surface area contributed by atoms with Crippen molar-refractivity contribution >= 4 is 37.5 Å². The highest BCUT2D eigenvalue weighted by Gasteiger charge is 2.33. The highest BCUT2D eigenvalue weighted by atomic mass is 79.9. The monoisotopic (exact) mass is 450 g/mol. The first-order chi connectivity index (χ1) is 13.0. The van der Waals surface area contributed by atoms with Gasteiger partial charge in [-0.25, -0.2) is 8.42 Å². The van der Waals surface area contributed by atoms with Crippen LogP contribution in [0, 0.1) is 0 Å². The second-order valence-electron chi connectivity index (χ2n) is 6.71. The molecule has 3 rings (SSSR count). The lowest BCUT2D eigenvalue weighted by Crippen LogP contribution is -2.45. The van der Waals surface area contributed by atoms with E-state index in [4.69, 9.17) is 0 Å². The molecule has 0 heterocycles. The lowest BCUT2D eigenvalue weighted by Gasteiger charge is -2.33. The summed E-state index contributed by atoms with van der Waals surface area (Å²) in [5, 5.41) is 2.80. The number of halogens is 1. The summed E-state index contributed by atoms with van der Waals surface area (Å²) in [4.78, 5) is 12.8. The van der Waals surface area contributed by atoms with Crippen molar-refractivity contribution < 1.29 is 13.2 Å². The van der Waals surface area contributed by atoms with Gasteiger partial charge in [0.2, 0.25) is 15.9 Å². The third-order valence-corrected chi connectivity index (χ3v) is 7.20. The van der Waals surface area contributed by atoms with Crippen molar-refractivity contribution in [3.8, 4) is 0 Å². The van der Waals surface area contributed by atoms with Crippen LogP contribution in [-0.4, -0.2) is 31.2 Å². The Morgan fingerprint density at radius 2 is 1.63 bits per heavy atom. The Morgan fingerprint density at radius 1 is 1.00 bits per heavy atom. The number of rotatable bonds is 6. The zero-order valence-corrected chi connectivity index (χ0v) is 17.4. The van der Waals surface area contributed by atoms with Crippen molar-refractivity contribution in [1.82, 2.24) is 4.31 Å². The number of hydrogen-bond donors (Lipinski definition) is 1. The Hall–Kier alpha value is -1.70. The van der Waals surface area contributed by atoms with E-state index in [9.17, 15) is 13.2 Å². The summed E-state index contributed by atoms with van der Waals surface area (Å²) < 4.78 is 28.7. The molecule has 144 valence electrons. The number of benzene rings is 2. The van der Waals surface area contributed by atoms with Crippen LogP contribution in [-0.2, 0) is 14.8 Å². The van der Waals surface area contributed by atoms with E-state index in [1.807, 2.05) is 12.1 Å². The Balaban J connectivity index is 1.81. The van der Waals surface area contributed by atoms with Crippen molar-refractivity contribution in [3.63, 3.8) is 0 Å². The Kier molecular flexibility index (Phi) is 6.68. The molecule has 0 aromatic heterocycles. The Bertz CT molecular complexity index is 864. The maximum absolute atomic E-state index is 13.2. The predicted octanol–water partition coefficient (Wildman–Crippen LogP) is 4.41. The molecule has 0 aliphatic heterocycles. The topological polar surface area (TPSA) is 66.5 Å². The SMILES string of the molecule is O=C(CN(C1CCCCC1)S(=O)(=O)c1ccccc1)Nc1ccc(Br)cc1. The number of sulfonamides is 1. The molecule has 1 saturated carbocycles. The van der Waals surface area contributed by atoms with Crippen LogP contribution in [0.3, 0.4) is 0 Å². The fourth-order valence-electron chi connectivity index (χ4n) is 3.38. The summed E-state index contributed by atoms with van der Waals surface area (Å²) >= 11 is 3.36. The van der Waals surface area contributed by atoms with Gasteiger partial charge in [0.15, 0.2) is 0 Å². The molecule has 1 amide bonds. The van der Waals surface area contributed by atoms with E-state index in [-0.39, 0.29) is 23.4 Å². The predicted molar refractivity (Wildman–Crippen MR) is 110 cm³/mol. The van der Waals surface area contributed by atoms with Crippen LogP contribution in [0.15, 0.2) is 64.0 Å². The van der Waals surface area contributed by atoms with Gasteiger partial charge in [-0.3, -0.25) is 4.79 Å². The number of carbonyl (C=O) groups is 1. The van der Waals surface area contributed by atoms with E-state index in [1.54, 1.807) is 42.5 Å². The minimum absolute atomic E-state index is 0.139. The van der Waals surface area contributed by atoms with Gasteiger partial charge in [0.1, 0.15) is 0 Å². The molecular weight excluding hydrogens is 428 g/mol. The molecule has 1 aliphatic carbocycles. The molecule has 1 fully saturated rings. The summed E-state index contributed by atoms with van der Waals surface area (Å²) in [7, 11) is -3.73. The van der Waals surface area contributed by atoms with E-state index in [2.05, 4.69) is 21.2 Å². The average Bonchev–Trinajstić information content (AvgIpc) is 2.69. The highest BCUT2D eigenvalue weighted by Crippen LogP contribution is 2.28. The number of nitrogens with zero attached hydrogens (tertiary/aromatic N) is 1. The largest absolute Gasteiger partial charge is 0.325 e. The fraction of sp³-hybridized carbons (Fsp3) is 0.350. The van der Waals surface area contributed by atoms with Crippen LogP contribution >= 0.6 is 15.9 Å². The van der Waals surface area contributed by atoms with Crippen molar-refractivity contribution in [2.75, 3.05) is 11.9 Å². The molecule has 2 aromatic carbocycles. The number of carbonyl (C=O) groups excluding carboxylic acids is 1. The number of nitrogens with one attached hydrogen (secondary N) is 1. The van der Waals surface area contributed by atoms with Gasteiger partial charge in [0.25, 0.3) is 0 Å². The van der Waals surface area contributed by atoms with Crippen LogP contribution in [0.5, 0.6) is 0 Å². The maximum atomic E-state index is 13.2. The summed E-state index contributed by atoms with van der Waals surface area (Å²) in [6.45, 7) is -0.183. The highest BCUT2D eigenvalue weighted by molar-refractivity contribution is 9.10. The van der Waals surface area contributed by atoms with Crippen LogP contribution in [0.2, 0.25) is 0 Å². The molecule has 2 aromatic rings. The van der Waals surface area contributed by atoms with Crippen molar-refractivity contribution in [2.45, 2.75) is 43.0 Å². The van der Waals surface area contributed by atoms with Gasteiger partial charge in [-0.05, 0) is 49.2 Å². The zero-order valence-electron chi connectivity index (χ0n) is 15.0. The van der Waals surface area contributed by atoms with Crippen molar-refractivity contribution in [3.05, 3.63) is 59.1 Å². The summed E-state index contributed by atoms with van der Waals surface area (Å²) in [6, 6.07) is 15.4. The molecule has 0 saturated heterocycles. The first-order valence-electron chi connectivity index (χ1n) is 9.09. The molecular formula is C20H23BrN2O3S. The first-order valence-corrected chi connectivity index (χ1v) is 11.3. The molecule has 7 heteroatoms.